The summed E-state index contributed by atoms with van der Waals surface area (Å²) in [7, 11) is -3.60. The van der Waals surface area contributed by atoms with Gasteiger partial charge in [0, 0.05) is 29.7 Å². The third kappa shape index (κ3) is 4.19. The molecule has 0 aliphatic heterocycles. The van der Waals surface area contributed by atoms with Crippen LogP contribution in [0.1, 0.15) is 10.4 Å². The average Bonchev–Trinajstić information content (AvgIpc) is 2.65. The zero-order valence-electron chi connectivity index (χ0n) is 13.6. The van der Waals surface area contributed by atoms with Gasteiger partial charge >= 0.3 is 0 Å². The maximum Gasteiger partial charge on any atom is 0.253 e. The highest BCUT2D eigenvalue weighted by Gasteiger charge is 2.14. The molecule has 3 rings (SSSR count). The lowest BCUT2D eigenvalue weighted by Crippen LogP contribution is -2.34. The fourth-order valence-electron chi connectivity index (χ4n) is 2.47. The first-order valence-corrected chi connectivity index (χ1v) is 9.71. The number of nitrogens with one attached hydrogen (secondary N) is 2. The van der Waals surface area contributed by atoms with Crippen LogP contribution in [0.3, 0.4) is 0 Å². The fourth-order valence-corrected chi connectivity index (χ4v) is 3.75. The Kier molecular flexibility index (Phi) is 5.51. The molecule has 0 aliphatic rings. The molecular weight excluding hydrogens is 374 g/mol. The molecule has 0 radical (unpaired) electrons. The number of halogens is 1. The molecular formula is C18H16ClN3O3S. The Labute approximate surface area is 156 Å². The van der Waals surface area contributed by atoms with Crippen molar-refractivity contribution in [1.82, 2.24) is 15.0 Å². The van der Waals surface area contributed by atoms with Crippen LogP contribution in [-0.4, -0.2) is 32.4 Å². The van der Waals surface area contributed by atoms with Gasteiger partial charge in [-0.2, -0.15) is 0 Å². The zero-order valence-corrected chi connectivity index (χ0v) is 15.2. The van der Waals surface area contributed by atoms with E-state index in [-0.39, 0.29) is 23.9 Å². The lowest BCUT2D eigenvalue weighted by molar-refractivity contribution is 0.0956. The number of rotatable bonds is 6. The summed E-state index contributed by atoms with van der Waals surface area (Å²) < 4.78 is 26.7. The molecule has 1 aromatic heterocycles. The summed E-state index contributed by atoms with van der Waals surface area (Å²) in [5.74, 6) is -0.366. The standard InChI is InChI=1S/C18H16ClN3O3S/c19-14-11-13-5-4-8-20-17(13)16(12-14)18(23)21-9-10-22-26(24,25)15-6-2-1-3-7-15/h1-8,11-12,22H,9-10H2,(H,21,23). The number of sulfonamides is 1. The molecule has 3 aromatic rings. The molecule has 1 amide bonds. The Morgan fingerprint density at radius 3 is 2.58 bits per heavy atom. The number of amides is 1. The number of hydrogen-bond acceptors (Lipinski definition) is 4. The quantitative estimate of drug-likeness (QED) is 0.634. The molecule has 0 fully saturated rings. The van der Waals surface area contributed by atoms with E-state index in [0.717, 1.165) is 5.39 Å². The lowest BCUT2D eigenvalue weighted by Gasteiger charge is -2.09. The molecule has 8 heteroatoms. The third-order valence-corrected chi connectivity index (χ3v) is 5.37. The molecule has 0 unspecified atom stereocenters. The summed E-state index contributed by atoms with van der Waals surface area (Å²) in [5, 5.41) is 3.87. The molecule has 0 saturated carbocycles. The SMILES string of the molecule is O=C(NCCNS(=O)(=O)c1ccccc1)c1cc(Cl)cc2cccnc12. The molecule has 0 atom stereocenters. The van der Waals surface area contributed by atoms with E-state index in [0.29, 0.717) is 16.1 Å². The molecule has 6 nitrogen and oxygen atoms in total. The van der Waals surface area contributed by atoms with Gasteiger partial charge in [-0.3, -0.25) is 9.78 Å². The van der Waals surface area contributed by atoms with E-state index >= 15 is 0 Å². The fraction of sp³-hybridized carbons (Fsp3) is 0.111. The summed E-state index contributed by atoms with van der Waals surface area (Å²) in [5.41, 5.74) is 0.887. The Bertz CT molecular complexity index is 1040. The predicted molar refractivity (Wildman–Crippen MR) is 101 cm³/mol. The predicted octanol–water partition coefficient (Wildman–Crippen LogP) is 2.60. The van der Waals surface area contributed by atoms with Crippen LogP contribution in [0.15, 0.2) is 65.7 Å². The second-order valence-electron chi connectivity index (χ2n) is 5.50. The van der Waals surface area contributed by atoms with Crippen molar-refractivity contribution in [2.24, 2.45) is 0 Å². The Morgan fingerprint density at radius 1 is 1.04 bits per heavy atom. The molecule has 2 aromatic carbocycles. The minimum Gasteiger partial charge on any atom is -0.351 e. The second-order valence-corrected chi connectivity index (χ2v) is 7.70. The van der Waals surface area contributed by atoms with E-state index in [9.17, 15) is 13.2 Å². The number of benzene rings is 2. The van der Waals surface area contributed by atoms with E-state index in [2.05, 4.69) is 15.0 Å². The van der Waals surface area contributed by atoms with Gasteiger partial charge in [0.1, 0.15) is 0 Å². The minimum absolute atomic E-state index is 0.0644. The first-order chi connectivity index (χ1) is 12.5. The summed E-state index contributed by atoms with van der Waals surface area (Å²) in [6, 6.07) is 14.9. The van der Waals surface area contributed by atoms with Crippen molar-refractivity contribution in [3.8, 4) is 0 Å². The third-order valence-electron chi connectivity index (χ3n) is 3.67. The van der Waals surface area contributed by atoms with Crippen molar-refractivity contribution in [2.75, 3.05) is 13.1 Å². The maximum absolute atomic E-state index is 12.4. The molecule has 0 bridgehead atoms. The van der Waals surface area contributed by atoms with E-state index in [1.54, 1.807) is 42.6 Å². The monoisotopic (exact) mass is 389 g/mol. The summed E-state index contributed by atoms with van der Waals surface area (Å²) in [6.07, 6.45) is 1.60. The summed E-state index contributed by atoms with van der Waals surface area (Å²) in [4.78, 5) is 16.8. The average molecular weight is 390 g/mol. The van der Waals surface area contributed by atoms with Crippen LogP contribution in [0, 0.1) is 0 Å². The number of carbonyl (C=O) groups is 1. The van der Waals surface area contributed by atoms with Gasteiger partial charge in [-0.1, -0.05) is 35.9 Å². The van der Waals surface area contributed by atoms with Gasteiger partial charge in [0.25, 0.3) is 5.91 Å². The van der Waals surface area contributed by atoms with Crippen molar-refractivity contribution < 1.29 is 13.2 Å². The minimum atomic E-state index is -3.60. The van der Waals surface area contributed by atoms with Gasteiger partial charge in [0.05, 0.1) is 16.0 Å². The first-order valence-electron chi connectivity index (χ1n) is 7.84. The Hall–Kier alpha value is -2.48. The van der Waals surface area contributed by atoms with Crippen LogP contribution in [0.2, 0.25) is 5.02 Å². The van der Waals surface area contributed by atoms with Crippen molar-refractivity contribution in [2.45, 2.75) is 4.90 Å². The van der Waals surface area contributed by atoms with Crippen LogP contribution in [0.25, 0.3) is 10.9 Å². The largest absolute Gasteiger partial charge is 0.351 e. The van der Waals surface area contributed by atoms with E-state index in [4.69, 9.17) is 11.6 Å². The Balaban J connectivity index is 1.64. The highest BCUT2D eigenvalue weighted by atomic mass is 35.5. The van der Waals surface area contributed by atoms with Crippen LogP contribution < -0.4 is 10.0 Å². The van der Waals surface area contributed by atoms with Crippen LogP contribution in [-0.2, 0) is 10.0 Å². The van der Waals surface area contributed by atoms with E-state index < -0.39 is 10.0 Å². The number of nitrogens with zero attached hydrogens (tertiary/aromatic N) is 1. The van der Waals surface area contributed by atoms with E-state index in [1.807, 2.05) is 6.07 Å². The normalized spacial score (nSPS) is 11.4. The van der Waals surface area contributed by atoms with Crippen molar-refractivity contribution in [3.63, 3.8) is 0 Å². The highest BCUT2D eigenvalue weighted by Crippen LogP contribution is 2.22. The molecule has 134 valence electrons. The van der Waals surface area contributed by atoms with Crippen LogP contribution in [0.5, 0.6) is 0 Å². The molecule has 26 heavy (non-hydrogen) atoms. The number of aromatic nitrogens is 1. The van der Waals surface area contributed by atoms with Gasteiger partial charge in [0.2, 0.25) is 10.0 Å². The van der Waals surface area contributed by atoms with E-state index in [1.165, 1.54) is 12.1 Å². The number of hydrogen-bond donors (Lipinski definition) is 2. The van der Waals surface area contributed by atoms with Crippen molar-refractivity contribution in [3.05, 3.63) is 71.4 Å². The summed E-state index contributed by atoms with van der Waals surface area (Å²) in [6.45, 7) is 0.195. The zero-order chi connectivity index (χ0) is 18.6. The molecule has 1 heterocycles. The number of carbonyl (C=O) groups excluding carboxylic acids is 1. The second kappa shape index (κ2) is 7.82. The molecule has 0 saturated heterocycles. The maximum atomic E-state index is 12.4. The topological polar surface area (TPSA) is 88.2 Å². The van der Waals surface area contributed by atoms with Crippen LogP contribution in [0.4, 0.5) is 0 Å². The van der Waals surface area contributed by atoms with Crippen LogP contribution >= 0.6 is 11.6 Å². The van der Waals surface area contributed by atoms with Gasteiger partial charge in [-0.25, -0.2) is 13.1 Å². The van der Waals surface area contributed by atoms with Gasteiger partial charge in [-0.15, -0.1) is 0 Å². The molecule has 0 spiro atoms. The van der Waals surface area contributed by atoms with Gasteiger partial charge in [0.15, 0.2) is 0 Å². The highest BCUT2D eigenvalue weighted by molar-refractivity contribution is 7.89. The smallest absolute Gasteiger partial charge is 0.253 e. The lowest BCUT2D eigenvalue weighted by atomic mass is 10.1. The van der Waals surface area contributed by atoms with Crippen molar-refractivity contribution >= 4 is 38.4 Å². The Morgan fingerprint density at radius 2 is 1.81 bits per heavy atom. The molecule has 0 aliphatic carbocycles. The first kappa shape index (κ1) is 18.3. The molecule has 2 N–H and O–H groups in total. The number of pyridine rings is 1. The summed E-state index contributed by atoms with van der Waals surface area (Å²) >= 11 is 6.06. The number of fused-ring (bicyclic) bond motifs is 1. The van der Waals surface area contributed by atoms with Gasteiger partial charge in [-0.05, 0) is 30.3 Å². The van der Waals surface area contributed by atoms with Crippen molar-refractivity contribution in [1.29, 1.82) is 0 Å². The van der Waals surface area contributed by atoms with Gasteiger partial charge < -0.3 is 5.32 Å².